The van der Waals surface area contributed by atoms with Crippen molar-refractivity contribution in [3.63, 3.8) is 0 Å². The summed E-state index contributed by atoms with van der Waals surface area (Å²) in [5.41, 5.74) is 2.45. The predicted octanol–water partition coefficient (Wildman–Crippen LogP) is 4.94. The van der Waals surface area contributed by atoms with E-state index in [0.29, 0.717) is 12.2 Å². The van der Waals surface area contributed by atoms with Crippen LogP contribution >= 0.6 is 0 Å². The topological polar surface area (TPSA) is 26.3 Å². The van der Waals surface area contributed by atoms with E-state index in [9.17, 15) is 4.79 Å². The molecule has 0 radical (unpaired) electrons. The molecule has 0 bridgehead atoms. The molecule has 0 aliphatic carbocycles. The molecule has 3 aromatic carbocycles. The number of benzene rings is 3. The Kier molecular flexibility index (Phi) is 4.53. The van der Waals surface area contributed by atoms with Crippen LogP contribution in [0.1, 0.15) is 18.1 Å². The SMILES string of the molecule is CCOC(=O)/C(=C/c1ccccc1)c1cccc2ccccc12. The normalized spacial score (nSPS) is 11.4. The van der Waals surface area contributed by atoms with Gasteiger partial charge in [-0.15, -0.1) is 0 Å². The van der Waals surface area contributed by atoms with Gasteiger partial charge in [-0.3, -0.25) is 0 Å². The summed E-state index contributed by atoms with van der Waals surface area (Å²) in [5.74, 6) is -0.298. The maximum atomic E-state index is 12.5. The van der Waals surface area contributed by atoms with Crippen molar-refractivity contribution in [1.82, 2.24) is 0 Å². The van der Waals surface area contributed by atoms with Crippen LogP contribution in [0.15, 0.2) is 72.8 Å². The second kappa shape index (κ2) is 6.93. The predicted molar refractivity (Wildman–Crippen MR) is 94.9 cm³/mol. The number of hydrogen-bond donors (Lipinski definition) is 0. The lowest BCUT2D eigenvalue weighted by atomic mass is 9.96. The number of ether oxygens (including phenoxy) is 1. The molecule has 0 fully saturated rings. The number of hydrogen-bond acceptors (Lipinski definition) is 2. The Hall–Kier alpha value is -2.87. The average Bonchev–Trinajstić information content (AvgIpc) is 2.60. The molecule has 2 heteroatoms. The number of fused-ring (bicyclic) bond motifs is 1. The summed E-state index contributed by atoms with van der Waals surface area (Å²) in [6.07, 6.45) is 1.89. The number of carbonyl (C=O) groups excluding carboxylic acids is 1. The molecule has 0 aliphatic heterocycles. The minimum absolute atomic E-state index is 0.298. The van der Waals surface area contributed by atoms with Crippen LogP contribution in [0.5, 0.6) is 0 Å². The molecule has 0 spiro atoms. The molecule has 23 heavy (non-hydrogen) atoms. The van der Waals surface area contributed by atoms with Gasteiger partial charge in [0.25, 0.3) is 0 Å². The van der Waals surface area contributed by atoms with Crippen LogP contribution in [0.25, 0.3) is 22.4 Å². The first kappa shape index (κ1) is 15.0. The summed E-state index contributed by atoms with van der Waals surface area (Å²) in [6.45, 7) is 2.18. The van der Waals surface area contributed by atoms with Gasteiger partial charge in [-0.2, -0.15) is 0 Å². The van der Waals surface area contributed by atoms with Gasteiger partial charge >= 0.3 is 5.97 Å². The van der Waals surface area contributed by atoms with Crippen molar-refractivity contribution in [2.24, 2.45) is 0 Å². The molecule has 0 atom stereocenters. The minimum atomic E-state index is -0.298. The lowest BCUT2D eigenvalue weighted by Gasteiger charge is -2.11. The molecular formula is C21H18O2. The van der Waals surface area contributed by atoms with Crippen molar-refractivity contribution < 1.29 is 9.53 Å². The van der Waals surface area contributed by atoms with Gasteiger partial charge in [0.05, 0.1) is 12.2 Å². The van der Waals surface area contributed by atoms with E-state index < -0.39 is 0 Å². The van der Waals surface area contributed by atoms with Crippen LogP contribution in [-0.2, 0) is 9.53 Å². The molecule has 3 aromatic rings. The molecule has 114 valence electrons. The second-order valence-corrected chi connectivity index (χ2v) is 5.22. The molecule has 0 saturated heterocycles. The molecule has 0 aromatic heterocycles. The van der Waals surface area contributed by atoms with Gasteiger partial charge in [-0.05, 0) is 34.9 Å². The maximum absolute atomic E-state index is 12.5. The van der Waals surface area contributed by atoms with Crippen molar-refractivity contribution >= 4 is 28.4 Å². The van der Waals surface area contributed by atoms with Crippen molar-refractivity contribution in [1.29, 1.82) is 0 Å². The van der Waals surface area contributed by atoms with Gasteiger partial charge in [-0.1, -0.05) is 72.8 Å². The number of esters is 1. The van der Waals surface area contributed by atoms with E-state index in [1.165, 1.54) is 0 Å². The fraction of sp³-hybridized carbons (Fsp3) is 0.0952. The first-order valence-corrected chi connectivity index (χ1v) is 7.71. The first-order chi connectivity index (χ1) is 11.3. The van der Waals surface area contributed by atoms with Gasteiger partial charge in [-0.25, -0.2) is 4.79 Å². The van der Waals surface area contributed by atoms with Crippen LogP contribution in [0, 0.1) is 0 Å². The third kappa shape index (κ3) is 3.32. The molecule has 0 amide bonds. The largest absolute Gasteiger partial charge is 0.462 e. The lowest BCUT2D eigenvalue weighted by molar-refractivity contribution is -0.136. The summed E-state index contributed by atoms with van der Waals surface area (Å²) in [4.78, 5) is 12.5. The Bertz CT molecular complexity index is 843. The Morgan fingerprint density at radius 3 is 2.39 bits per heavy atom. The smallest absolute Gasteiger partial charge is 0.338 e. The van der Waals surface area contributed by atoms with E-state index in [1.807, 2.05) is 85.8 Å². The van der Waals surface area contributed by atoms with E-state index >= 15 is 0 Å². The van der Waals surface area contributed by atoms with Crippen LogP contribution < -0.4 is 0 Å². The molecule has 3 rings (SSSR count). The van der Waals surface area contributed by atoms with E-state index in [1.54, 1.807) is 0 Å². The van der Waals surface area contributed by atoms with Gasteiger partial charge in [0.1, 0.15) is 0 Å². The van der Waals surface area contributed by atoms with Crippen LogP contribution in [0.4, 0.5) is 0 Å². The summed E-state index contributed by atoms with van der Waals surface area (Å²) in [7, 11) is 0. The van der Waals surface area contributed by atoms with Gasteiger partial charge < -0.3 is 4.74 Å². The van der Waals surface area contributed by atoms with Crippen molar-refractivity contribution in [3.05, 3.63) is 83.9 Å². The highest BCUT2D eigenvalue weighted by Gasteiger charge is 2.15. The zero-order chi connectivity index (χ0) is 16.1. The quantitative estimate of drug-likeness (QED) is 0.387. The highest BCUT2D eigenvalue weighted by atomic mass is 16.5. The highest BCUT2D eigenvalue weighted by Crippen LogP contribution is 2.27. The van der Waals surface area contributed by atoms with Crippen molar-refractivity contribution in [2.45, 2.75) is 6.92 Å². The van der Waals surface area contributed by atoms with E-state index in [0.717, 1.165) is 21.9 Å². The molecule has 0 saturated carbocycles. The molecular weight excluding hydrogens is 284 g/mol. The van der Waals surface area contributed by atoms with Crippen molar-refractivity contribution in [2.75, 3.05) is 6.61 Å². The Morgan fingerprint density at radius 2 is 1.61 bits per heavy atom. The zero-order valence-electron chi connectivity index (χ0n) is 13.0. The number of rotatable bonds is 4. The highest BCUT2D eigenvalue weighted by molar-refractivity contribution is 6.24. The fourth-order valence-corrected chi connectivity index (χ4v) is 2.63. The average molecular weight is 302 g/mol. The van der Waals surface area contributed by atoms with Crippen molar-refractivity contribution in [3.8, 4) is 0 Å². The Labute approximate surface area is 136 Å². The monoisotopic (exact) mass is 302 g/mol. The third-order valence-electron chi connectivity index (χ3n) is 3.69. The fourth-order valence-electron chi connectivity index (χ4n) is 2.63. The lowest BCUT2D eigenvalue weighted by Crippen LogP contribution is -2.07. The van der Waals surface area contributed by atoms with E-state index in [4.69, 9.17) is 4.74 Å². The summed E-state index contributed by atoms with van der Waals surface area (Å²) < 4.78 is 5.27. The summed E-state index contributed by atoms with van der Waals surface area (Å²) >= 11 is 0. The van der Waals surface area contributed by atoms with Gasteiger partial charge in [0, 0.05) is 0 Å². The minimum Gasteiger partial charge on any atom is -0.462 e. The molecule has 0 N–H and O–H groups in total. The number of carbonyl (C=O) groups is 1. The van der Waals surface area contributed by atoms with Gasteiger partial charge in [0.2, 0.25) is 0 Å². The van der Waals surface area contributed by atoms with E-state index in [-0.39, 0.29) is 5.97 Å². The van der Waals surface area contributed by atoms with E-state index in [2.05, 4.69) is 0 Å². The maximum Gasteiger partial charge on any atom is 0.338 e. The first-order valence-electron chi connectivity index (χ1n) is 7.71. The summed E-state index contributed by atoms with van der Waals surface area (Å²) in [6, 6.07) is 23.9. The second-order valence-electron chi connectivity index (χ2n) is 5.22. The Morgan fingerprint density at radius 1 is 0.913 bits per heavy atom. The van der Waals surface area contributed by atoms with Crippen LogP contribution in [-0.4, -0.2) is 12.6 Å². The standard InChI is InChI=1S/C21H18O2/c1-2-23-21(22)20(15-16-9-4-3-5-10-16)19-14-8-12-17-11-6-7-13-18(17)19/h3-15H,2H2,1H3/b20-15+. The Balaban J connectivity index is 2.18. The third-order valence-corrected chi connectivity index (χ3v) is 3.69. The molecule has 2 nitrogen and oxygen atoms in total. The zero-order valence-corrected chi connectivity index (χ0v) is 13.0. The van der Waals surface area contributed by atoms with Gasteiger partial charge in [0.15, 0.2) is 0 Å². The van der Waals surface area contributed by atoms with Crippen LogP contribution in [0.2, 0.25) is 0 Å². The van der Waals surface area contributed by atoms with Crippen LogP contribution in [0.3, 0.4) is 0 Å². The molecule has 0 heterocycles. The summed E-state index contributed by atoms with van der Waals surface area (Å²) in [5, 5.41) is 2.15. The molecule has 0 unspecified atom stereocenters. The molecule has 0 aliphatic rings.